The minimum absolute atomic E-state index is 0.0449. The molecular formula is C23H33N5O4S. The molecule has 1 unspecified atom stereocenters. The minimum atomic E-state index is -0.820. The number of nitrogens with one attached hydrogen (secondary N) is 1. The van der Waals surface area contributed by atoms with E-state index in [0.29, 0.717) is 36.7 Å². The predicted molar refractivity (Wildman–Crippen MR) is 131 cm³/mol. The Morgan fingerprint density at radius 1 is 1.24 bits per heavy atom. The molecule has 1 aromatic carbocycles. The topological polar surface area (TPSA) is 141 Å². The van der Waals surface area contributed by atoms with E-state index in [1.807, 2.05) is 19.9 Å². The summed E-state index contributed by atoms with van der Waals surface area (Å²) in [5, 5.41) is 2.95. The molecule has 1 heterocycles. The van der Waals surface area contributed by atoms with Gasteiger partial charge in [0.25, 0.3) is 11.8 Å². The van der Waals surface area contributed by atoms with Crippen LogP contribution in [0, 0.1) is 12.8 Å². The summed E-state index contributed by atoms with van der Waals surface area (Å²) in [6.45, 7) is 8.47. The molecule has 2 rings (SSSR count). The van der Waals surface area contributed by atoms with Crippen molar-refractivity contribution in [3.8, 4) is 5.75 Å². The average molecular weight is 476 g/mol. The molecule has 0 spiro atoms. The third-order valence-corrected chi connectivity index (χ3v) is 6.02. The molecule has 0 aliphatic carbocycles. The van der Waals surface area contributed by atoms with Gasteiger partial charge in [-0.3, -0.25) is 19.3 Å². The molecule has 0 aliphatic rings. The lowest BCUT2D eigenvalue weighted by molar-refractivity contribution is -0.122. The first kappa shape index (κ1) is 26.1. The maximum Gasteiger partial charge on any atom is 0.272 e. The van der Waals surface area contributed by atoms with E-state index < -0.39 is 17.9 Å². The van der Waals surface area contributed by atoms with E-state index >= 15 is 0 Å². The van der Waals surface area contributed by atoms with Crippen LogP contribution in [-0.2, 0) is 4.79 Å². The lowest BCUT2D eigenvalue weighted by atomic mass is 10.0. The Morgan fingerprint density at radius 2 is 1.94 bits per heavy atom. The van der Waals surface area contributed by atoms with E-state index in [1.165, 1.54) is 12.0 Å². The van der Waals surface area contributed by atoms with E-state index in [9.17, 15) is 14.4 Å². The molecule has 180 valence electrons. The van der Waals surface area contributed by atoms with Crippen LogP contribution in [0.2, 0.25) is 0 Å². The largest absolute Gasteiger partial charge is 0.495 e. The van der Waals surface area contributed by atoms with Crippen LogP contribution in [0.1, 0.15) is 65.8 Å². The number of carbonyl (C=O) groups excluding carboxylic acids is 3. The summed E-state index contributed by atoms with van der Waals surface area (Å²) in [5.74, 6) is -0.775. The normalized spacial score (nSPS) is 11.8. The van der Waals surface area contributed by atoms with Crippen molar-refractivity contribution in [1.29, 1.82) is 0 Å². The van der Waals surface area contributed by atoms with Crippen molar-refractivity contribution >= 4 is 40.6 Å². The zero-order valence-electron chi connectivity index (χ0n) is 19.8. The maximum atomic E-state index is 13.8. The summed E-state index contributed by atoms with van der Waals surface area (Å²) in [6.07, 6.45) is 1.89. The second kappa shape index (κ2) is 11.6. The van der Waals surface area contributed by atoms with Crippen LogP contribution in [0.25, 0.3) is 0 Å². The number of hydrogen-bond donors (Lipinski definition) is 3. The van der Waals surface area contributed by atoms with Gasteiger partial charge in [-0.2, -0.15) is 4.37 Å². The fourth-order valence-corrected chi connectivity index (χ4v) is 4.14. The number of anilines is 2. The highest BCUT2D eigenvalue weighted by atomic mass is 32.1. The van der Waals surface area contributed by atoms with Gasteiger partial charge in [0.2, 0.25) is 5.91 Å². The molecule has 5 N–H and O–H groups in total. The zero-order valence-corrected chi connectivity index (χ0v) is 20.6. The van der Waals surface area contributed by atoms with Crippen LogP contribution in [0.15, 0.2) is 18.2 Å². The highest BCUT2D eigenvalue weighted by Gasteiger charge is 2.35. The molecule has 0 radical (unpaired) electrons. The van der Waals surface area contributed by atoms with Gasteiger partial charge in [0.05, 0.1) is 18.5 Å². The van der Waals surface area contributed by atoms with Crippen LogP contribution in [-0.4, -0.2) is 41.8 Å². The number of amides is 3. The summed E-state index contributed by atoms with van der Waals surface area (Å²) in [7, 11) is 1.50. The third-order valence-electron chi connectivity index (χ3n) is 5.17. The van der Waals surface area contributed by atoms with Crippen molar-refractivity contribution in [2.75, 3.05) is 24.3 Å². The Balaban J connectivity index is 2.60. The number of nitrogens with two attached hydrogens (primary N) is 2. The number of aryl methyl sites for hydroxylation is 1. The molecule has 0 saturated carbocycles. The fourth-order valence-electron chi connectivity index (χ4n) is 3.40. The summed E-state index contributed by atoms with van der Waals surface area (Å²) in [4.78, 5) is 40.2. The van der Waals surface area contributed by atoms with Gasteiger partial charge in [-0.05, 0) is 54.9 Å². The zero-order chi connectivity index (χ0) is 24.7. The van der Waals surface area contributed by atoms with E-state index in [-0.39, 0.29) is 22.2 Å². The minimum Gasteiger partial charge on any atom is -0.495 e. The molecule has 0 aliphatic heterocycles. The van der Waals surface area contributed by atoms with Gasteiger partial charge in [0.1, 0.15) is 16.7 Å². The summed E-state index contributed by atoms with van der Waals surface area (Å²) < 4.78 is 9.47. The fraction of sp³-hybridized carbons (Fsp3) is 0.478. The lowest BCUT2D eigenvalue weighted by Gasteiger charge is -2.32. The Morgan fingerprint density at radius 3 is 2.48 bits per heavy atom. The molecule has 9 nitrogen and oxygen atoms in total. The van der Waals surface area contributed by atoms with Crippen molar-refractivity contribution in [1.82, 2.24) is 9.69 Å². The predicted octanol–water partition coefficient (Wildman–Crippen LogP) is 3.12. The molecule has 33 heavy (non-hydrogen) atoms. The molecule has 1 atom stereocenters. The average Bonchev–Trinajstić information content (AvgIpc) is 3.14. The molecule has 0 fully saturated rings. The van der Waals surface area contributed by atoms with Gasteiger partial charge in [-0.25, -0.2) is 0 Å². The SMILES string of the molecule is CCCC(C(=O)NCCC(C)C)N(C(=O)c1snc(C(N)=O)c1N)c1cc(C)ccc1OC. The maximum absolute atomic E-state index is 13.8. The number of hydrogen-bond acceptors (Lipinski definition) is 7. The van der Waals surface area contributed by atoms with Crippen molar-refractivity contribution in [3.05, 3.63) is 34.3 Å². The van der Waals surface area contributed by atoms with Gasteiger partial charge in [-0.1, -0.05) is 33.3 Å². The molecular weight excluding hydrogens is 442 g/mol. The molecule has 0 saturated heterocycles. The molecule has 1 aromatic heterocycles. The first-order chi connectivity index (χ1) is 15.6. The van der Waals surface area contributed by atoms with E-state index in [4.69, 9.17) is 16.2 Å². The monoisotopic (exact) mass is 475 g/mol. The van der Waals surface area contributed by atoms with Crippen molar-refractivity contribution < 1.29 is 19.1 Å². The number of aromatic nitrogens is 1. The standard InChI is InChI=1S/C23H33N5O4S/c1-6-7-15(22(30)26-11-10-13(2)3)28(16-12-14(4)8-9-17(16)32-5)23(31)20-18(24)19(21(25)29)27-33-20/h8-9,12-13,15H,6-7,10-11,24H2,1-5H3,(H2,25,29)(H,26,30). The van der Waals surface area contributed by atoms with Crippen molar-refractivity contribution in [3.63, 3.8) is 0 Å². The van der Waals surface area contributed by atoms with Crippen LogP contribution in [0.3, 0.4) is 0 Å². The summed E-state index contributed by atoms with van der Waals surface area (Å²) in [6, 6.07) is 4.57. The number of nitrogens with zero attached hydrogens (tertiary/aromatic N) is 2. The molecule has 0 bridgehead atoms. The number of nitrogen functional groups attached to an aromatic ring is 1. The van der Waals surface area contributed by atoms with Gasteiger partial charge in [0.15, 0.2) is 5.69 Å². The molecule has 10 heteroatoms. The highest BCUT2D eigenvalue weighted by Crippen LogP contribution is 2.35. The van der Waals surface area contributed by atoms with Crippen LogP contribution < -0.4 is 26.4 Å². The van der Waals surface area contributed by atoms with E-state index in [0.717, 1.165) is 23.5 Å². The van der Waals surface area contributed by atoms with Crippen LogP contribution in [0.5, 0.6) is 5.75 Å². The van der Waals surface area contributed by atoms with Gasteiger partial charge in [-0.15, -0.1) is 0 Å². The number of primary amides is 1. The van der Waals surface area contributed by atoms with E-state index in [1.54, 1.807) is 12.1 Å². The van der Waals surface area contributed by atoms with Gasteiger partial charge < -0.3 is 21.5 Å². The molecule has 3 amide bonds. The van der Waals surface area contributed by atoms with Crippen LogP contribution in [0.4, 0.5) is 11.4 Å². The Bertz CT molecular complexity index is 1000. The number of methoxy groups -OCH3 is 1. The number of benzene rings is 1. The Kier molecular flexibility index (Phi) is 9.22. The number of ether oxygens (including phenoxy) is 1. The smallest absolute Gasteiger partial charge is 0.272 e. The Hall–Kier alpha value is -3.14. The Labute approximate surface area is 198 Å². The van der Waals surface area contributed by atoms with Crippen molar-refractivity contribution in [2.24, 2.45) is 11.7 Å². The van der Waals surface area contributed by atoms with Crippen molar-refractivity contribution in [2.45, 2.75) is 53.0 Å². The quantitative estimate of drug-likeness (QED) is 0.456. The summed E-state index contributed by atoms with van der Waals surface area (Å²) >= 11 is 0.783. The van der Waals surface area contributed by atoms with Crippen LogP contribution >= 0.6 is 11.5 Å². The lowest BCUT2D eigenvalue weighted by Crippen LogP contribution is -2.50. The first-order valence-corrected chi connectivity index (χ1v) is 11.7. The second-order valence-corrected chi connectivity index (χ2v) is 9.04. The number of rotatable bonds is 11. The van der Waals surface area contributed by atoms with E-state index in [2.05, 4.69) is 23.5 Å². The second-order valence-electron chi connectivity index (χ2n) is 8.27. The van der Waals surface area contributed by atoms with Gasteiger partial charge in [0, 0.05) is 6.54 Å². The first-order valence-electron chi connectivity index (χ1n) is 10.9. The highest BCUT2D eigenvalue weighted by molar-refractivity contribution is 7.09. The number of carbonyl (C=O) groups is 3. The third kappa shape index (κ3) is 6.22. The molecule has 2 aromatic rings. The summed E-state index contributed by atoms with van der Waals surface area (Å²) in [5.41, 5.74) is 12.5. The van der Waals surface area contributed by atoms with Gasteiger partial charge >= 0.3 is 0 Å².